The number of aliphatic hydroxyl groups is 2. The van der Waals surface area contributed by atoms with Crippen LogP contribution in [0.2, 0.25) is 0 Å². The van der Waals surface area contributed by atoms with Crippen LogP contribution < -0.4 is 10.1 Å². The van der Waals surface area contributed by atoms with E-state index in [1.54, 1.807) is 0 Å². The van der Waals surface area contributed by atoms with Gasteiger partial charge in [0.2, 0.25) is 5.91 Å². The summed E-state index contributed by atoms with van der Waals surface area (Å²) in [5.74, 6) is -0.0493. The second-order valence-electron chi connectivity index (χ2n) is 6.06. The fraction of sp³-hybridized carbons (Fsp3) is 0.562. The number of rotatable bonds is 6. The summed E-state index contributed by atoms with van der Waals surface area (Å²) in [5, 5.41) is 22.2. The smallest absolute Gasteiger partial charge is 0.416 e. The molecule has 140 valence electrons. The minimum atomic E-state index is -4.41. The van der Waals surface area contributed by atoms with Crippen molar-refractivity contribution in [3.63, 3.8) is 0 Å². The van der Waals surface area contributed by atoms with E-state index in [-0.39, 0.29) is 24.8 Å². The molecule has 0 radical (unpaired) electrons. The molecule has 3 atom stereocenters. The Kier molecular flexibility index (Phi) is 6.26. The number of ether oxygens (including phenoxy) is 1. The number of carbonyl (C=O) groups excluding carboxylic acids is 1. The second kappa shape index (κ2) is 8.03. The van der Waals surface area contributed by atoms with Crippen molar-refractivity contribution < 1.29 is 32.9 Å². The third-order valence-electron chi connectivity index (χ3n) is 3.89. The first-order valence-electron chi connectivity index (χ1n) is 7.81. The highest BCUT2D eigenvalue weighted by Gasteiger charge is 2.31. The van der Waals surface area contributed by atoms with Crippen molar-refractivity contribution in [1.82, 2.24) is 10.2 Å². The molecule has 0 aromatic heterocycles. The van der Waals surface area contributed by atoms with Crippen LogP contribution in [0.15, 0.2) is 24.3 Å². The number of likely N-dealkylation sites (N-methyl/N-ethyl adjacent to an activating group) is 1. The Morgan fingerprint density at radius 1 is 1.40 bits per heavy atom. The quantitative estimate of drug-likeness (QED) is 0.692. The molecule has 1 aromatic carbocycles. The Morgan fingerprint density at radius 3 is 2.56 bits per heavy atom. The van der Waals surface area contributed by atoms with Gasteiger partial charge in [0.1, 0.15) is 18.5 Å². The van der Waals surface area contributed by atoms with Gasteiger partial charge in [-0.05, 0) is 30.7 Å². The van der Waals surface area contributed by atoms with Gasteiger partial charge >= 0.3 is 6.18 Å². The summed E-state index contributed by atoms with van der Waals surface area (Å²) in [6.45, 7) is 0.196. The maximum Gasteiger partial charge on any atom is 0.416 e. The van der Waals surface area contributed by atoms with E-state index in [1.165, 1.54) is 24.1 Å². The summed E-state index contributed by atoms with van der Waals surface area (Å²) >= 11 is 0. The van der Waals surface area contributed by atoms with Crippen molar-refractivity contribution in [3.8, 4) is 5.75 Å². The highest BCUT2D eigenvalue weighted by molar-refractivity contribution is 5.82. The second-order valence-corrected chi connectivity index (χ2v) is 6.06. The van der Waals surface area contributed by atoms with E-state index in [1.807, 2.05) is 0 Å². The molecule has 1 aliphatic heterocycles. The zero-order chi connectivity index (χ0) is 18.6. The van der Waals surface area contributed by atoms with Crippen molar-refractivity contribution in [2.75, 3.05) is 26.7 Å². The Morgan fingerprint density at radius 2 is 2.04 bits per heavy atom. The molecule has 25 heavy (non-hydrogen) atoms. The molecule has 0 spiro atoms. The van der Waals surface area contributed by atoms with Crippen LogP contribution in [0.5, 0.6) is 5.75 Å². The number of hydrogen-bond donors (Lipinski definition) is 3. The molecule has 1 saturated heterocycles. The Labute approximate surface area is 143 Å². The number of nitrogens with one attached hydrogen (secondary N) is 1. The lowest BCUT2D eigenvalue weighted by molar-refractivity contribution is -0.137. The van der Waals surface area contributed by atoms with E-state index >= 15 is 0 Å². The first-order chi connectivity index (χ1) is 11.7. The number of amides is 1. The standard InChI is InChI=1S/C16H21F3N2O4/c1-21(15(24)14-6-11(22)7-20-14)8-12(23)9-25-13-4-2-10(3-5-13)16(17,18)19/h2-5,11-12,14,20,22-23H,6-9H2,1H3/t11-,12-,14+/m0/s1. The number of alkyl halides is 3. The number of hydrogen-bond acceptors (Lipinski definition) is 5. The number of nitrogens with zero attached hydrogens (tertiary/aromatic N) is 1. The molecule has 2 rings (SSSR count). The number of carbonyl (C=O) groups is 1. The number of halogens is 3. The monoisotopic (exact) mass is 362 g/mol. The van der Waals surface area contributed by atoms with Crippen molar-refractivity contribution in [2.24, 2.45) is 0 Å². The molecular weight excluding hydrogens is 341 g/mol. The fourth-order valence-electron chi connectivity index (χ4n) is 2.56. The van der Waals surface area contributed by atoms with Crippen LogP contribution in [0.3, 0.4) is 0 Å². The molecule has 1 fully saturated rings. The summed E-state index contributed by atoms with van der Waals surface area (Å²) in [6.07, 6.45) is -5.65. The van der Waals surface area contributed by atoms with Gasteiger partial charge in [0.15, 0.2) is 0 Å². The van der Waals surface area contributed by atoms with Crippen LogP contribution in [-0.2, 0) is 11.0 Å². The Bertz CT molecular complexity index is 580. The van der Waals surface area contributed by atoms with Gasteiger partial charge in [-0.25, -0.2) is 0 Å². The van der Waals surface area contributed by atoms with Crippen molar-refractivity contribution >= 4 is 5.91 Å². The molecule has 3 N–H and O–H groups in total. The van der Waals surface area contributed by atoms with Gasteiger partial charge in [-0.3, -0.25) is 4.79 Å². The van der Waals surface area contributed by atoms with E-state index in [0.717, 1.165) is 12.1 Å². The van der Waals surface area contributed by atoms with E-state index < -0.39 is 30.0 Å². The maximum atomic E-state index is 12.5. The summed E-state index contributed by atoms with van der Waals surface area (Å²) < 4.78 is 42.6. The number of benzene rings is 1. The molecule has 1 amide bonds. The van der Waals surface area contributed by atoms with Crippen molar-refractivity contribution in [3.05, 3.63) is 29.8 Å². The molecule has 0 saturated carbocycles. The van der Waals surface area contributed by atoms with Crippen LogP contribution in [0.25, 0.3) is 0 Å². The minimum Gasteiger partial charge on any atom is -0.491 e. The highest BCUT2D eigenvalue weighted by Crippen LogP contribution is 2.30. The highest BCUT2D eigenvalue weighted by atomic mass is 19.4. The molecule has 9 heteroatoms. The van der Waals surface area contributed by atoms with Crippen molar-refractivity contribution in [2.45, 2.75) is 30.8 Å². The van der Waals surface area contributed by atoms with E-state index in [9.17, 15) is 28.2 Å². The summed E-state index contributed by atoms with van der Waals surface area (Å²) in [6, 6.07) is 3.66. The molecule has 0 bridgehead atoms. The van der Waals surface area contributed by atoms with Gasteiger partial charge in [-0.2, -0.15) is 13.2 Å². The minimum absolute atomic E-state index is 0.00768. The summed E-state index contributed by atoms with van der Waals surface area (Å²) in [5.41, 5.74) is -0.781. The number of β-amino-alcohol motifs (C(OH)–C–C–N with tert-alkyl or cyclic N) is 1. The SMILES string of the molecule is CN(C[C@H](O)COc1ccc(C(F)(F)F)cc1)C(=O)[C@H]1C[C@H](O)CN1. The predicted molar refractivity (Wildman–Crippen MR) is 83.0 cm³/mol. The van der Waals surface area contributed by atoms with E-state index in [0.29, 0.717) is 13.0 Å². The molecule has 1 aliphatic rings. The average molecular weight is 362 g/mol. The lowest BCUT2D eigenvalue weighted by Crippen LogP contribution is -2.45. The summed E-state index contributed by atoms with van der Waals surface area (Å²) in [4.78, 5) is 13.5. The first-order valence-corrected chi connectivity index (χ1v) is 7.81. The zero-order valence-electron chi connectivity index (χ0n) is 13.7. The zero-order valence-corrected chi connectivity index (χ0v) is 13.7. The van der Waals surface area contributed by atoms with Gasteiger partial charge in [0.05, 0.1) is 17.7 Å². The van der Waals surface area contributed by atoms with Crippen LogP contribution >= 0.6 is 0 Å². The Hall–Kier alpha value is -1.84. The fourth-order valence-corrected chi connectivity index (χ4v) is 2.56. The third kappa shape index (κ3) is 5.58. The summed E-state index contributed by atoms with van der Waals surface area (Å²) in [7, 11) is 1.52. The van der Waals surface area contributed by atoms with Crippen LogP contribution in [-0.4, -0.2) is 66.0 Å². The maximum absolute atomic E-state index is 12.5. The average Bonchev–Trinajstić information content (AvgIpc) is 2.98. The van der Waals surface area contributed by atoms with Gasteiger partial charge in [0, 0.05) is 20.1 Å². The normalized spacial score (nSPS) is 21.8. The molecule has 0 unspecified atom stereocenters. The Balaban J connectivity index is 1.78. The van der Waals surface area contributed by atoms with Gasteiger partial charge in [-0.1, -0.05) is 0 Å². The first kappa shape index (κ1) is 19.5. The van der Waals surface area contributed by atoms with Crippen LogP contribution in [0.1, 0.15) is 12.0 Å². The molecule has 0 aliphatic carbocycles. The van der Waals surface area contributed by atoms with E-state index in [4.69, 9.17) is 4.74 Å². The lowest BCUT2D eigenvalue weighted by atomic mass is 10.2. The van der Waals surface area contributed by atoms with Gasteiger partial charge in [0.25, 0.3) is 0 Å². The van der Waals surface area contributed by atoms with Gasteiger partial charge < -0.3 is 25.2 Å². The lowest BCUT2D eigenvalue weighted by Gasteiger charge is -2.24. The largest absolute Gasteiger partial charge is 0.491 e. The predicted octanol–water partition coefficient (Wildman–Crippen LogP) is 0.626. The van der Waals surface area contributed by atoms with Crippen LogP contribution in [0, 0.1) is 0 Å². The topological polar surface area (TPSA) is 82.0 Å². The molecule has 6 nitrogen and oxygen atoms in total. The van der Waals surface area contributed by atoms with Crippen LogP contribution in [0.4, 0.5) is 13.2 Å². The number of aliphatic hydroxyl groups excluding tert-OH is 2. The molecule has 1 heterocycles. The molecular formula is C16H21F3N2O4. The van der Waals surface area contributed by atoms with Gasteiger partial charge in [-0.15, -0.1) is 0 Å². The van der Waals surface area contributed by atoms with E-state index in [2.05, 4.69) is 5.32 Å². The van der Waals surface area contributed by atoms with Crippen molar-refractivity contribution in [1.29, 1.82) is 0 Å². The third-order valence-corrected chi connectivity index (χ3v) is 3.89. The molecule has 1 aromatic rings.